The second kappa shape index (κ2) is 15.2. The van der Waals surface area contributed by atoms with Crippen molar-refractivity contribution in [2.45, 2.75) is 58.5 Å². The predicted octanol–water partition coefficient (Wildman–Crippen LogP) is 3.43. The Morgan fingerprint density at radius 1 is 1.05 bits per heavy atom. The molecule has 0 fully saturated rings. The minimum Gasteiger partial charge on any atom is -0.498 e. The molecule has 2 N–H and O–H groups in total. The summed E-state index contributed by atoms with van der Waals surface area (Å²) in [6.07, 6.45) is 13.8. The molecule has 3 nitrogen and oxygen atoms in total. The van der Waals surface area contributed by atoms with Crippen molar-refractivity contribution in [2.24, 2.45) is 5.92 Å². The molecule has 0 radical (unpaired) electrons. The molecule has 0 aromatic heterocycles. The van der Waals surface area contributed by atoms with Crippen LogP contribution in [-0.2, 0) is 4.74 Å². The van der Waals surface area contributed by atoms with Crippen LogP contribution < -0.4 is 0 Å². The summed E-state index contributed by atoms with van der Waals surface area (Å²) in [4.78, 5) is 0. The van der Waals surface area contributed by atoms with E-state index < -0.39 is 6.10 Å². The van der Waals surface area contributed by atoms with Crippen molar-refractivity contribution in [3.8, 4) is 11.8 Å². The Labute approximate surface area is 129 Å². The first-order valence-electron chi connectivity index (χ1n) is 7.88. The Balaban J connectivity index is 3.43. The standard InChI is InChI=1S/C18H30O3/c1-17(2)13-11-9-7-5-3-4-6-8-10-12-14-21-16-18(20)15-19/h4,6,12,14,17-20H,3,5,7,9,11,13,15-16H2,1-2H3/b6-4+,14-12-/t18-/m0/s1. The zero-order valence-corrected chi connectivity index (χ0v) is 13.4. The molecule has 0 rings (SSSR count). The maximum atomic E-state index is 9.01. The molecule has 0 bridgehead atoms. The Morgan fingerprint density at radius 3 is 2.48 bits per heavy atom. The molecule has 1 atom stereocenters. The topological polar surface area (TPSA) is 49.7 Å². The highest BCUT2D eigenvalue weighted by Crippen LogP contribution is 2.10. The summed E-state index contributed by atoms with van der Waals surface area (Å²) in [5.41, 5.74) is 0. The Bertz CT molecular complexity index is 334. The number of hydrogen-bond donors (Lipinski definition) is 2. The molecule has 0 heterocycles. The van der Waals surface area contributed by atoms with Crippen molar-refractivity contribution in [3.63, 3.8) is 0 Å². The van der Waals surface area contributed by atoms with E-state index in [9.17, 15) is 0 Å². The van der Waals surface area contributed by atoms with E-state index in [4.69, 9.17) is 14.9 Å². The molecule has 0 aliphatic rings. The van der Waals surface area contributed by atoms with Gasteiger partial charge in [0.25, 0.3) is 0 Å². The van der Waals surface area contributed by atoms with Crippen molar-refractivity contribution in [2.75, 3.05) is 13.2 Å². The lowest BCUT2D eigenvalue weighted by Crippen LogP contribution is -2.17. The molecule has 0 aromatic carbocycles. The number of hydrogen-bond acceptors (Lipinski definition) is 3. The molecule has 0 spiro atoms. The van der Waals surface area contributed by atoms with E-state index >= 15 is 0 Å². The van der Waals surface area contributed by atoms with Crippen molar-refractivity contribution < 1.29 is 14.9 Å². The lowest BCUT2D eigenvalue weighted by Gasteiger charge is -2.04. The van der Waals surface area contributed by atoms with Gasteiger partial charge in [0.2, 0.25) is 0 Å². The maximum Gasteiger partial charge on any atom is 0.115 e. The fourth-order valence-electron chi connectivity index (χ4n) is 1.71. The summed E-state index contributed by atoms with van der Waals surface area (Å²) in [6, 6.07) is 0. The number of ether oxygens (including phenoxy) is 1. The Kier molecular flexibility index (Phi) is 14.3. The first kappa shape index (κ1) is 19.8. The van der Waals surface area contributed by atoms with Gasteiger partial charge in [-0.3, -0.25) is 0 Å². The Morgan fingerprint density at radius 2 is 1.76 bits per heavy atom. The molecule has 0 aromatic rings. The second-order valence-electron chi connectivity index (χ2n) is 5.55. The van der Waals surface area contributed by atoms with Gasteiger partial charge in [-0.05, 0) is 24.8 Å². The number of aliphatic hydroxyl groups excluding tert-OH is 2. The lowest BCUT2D eigenvalue weighted by molar-refractivity contribution is 0.0385. The zero-order chi connectivity index (χ0) is 15.8. The number of unbranched alkanes of at least 4 members (excludes halogenated alkanes) is 4. The van der Waals surface area contributed by atoms with Crippen LogP contribution in [0.25, 0.3) is 0 Å². The summed E-state index contributed by atoms with van der Waals surface area (Å²) >= 11 is 0. The molecule has 21 heavy (non-hydrogen) atoms. The van der Waals surface area contributed by atoms with Gasteiger partial charge < -0.3 is 14.9 Å². The summed E-state index contributed by atoms with van der Waals surface area (Å²) in [6.45, 7) is 4.34. The average Bonchev–Trinajstić information content (AvgIpc) is 2.46. The normalized spacial score (nSPS) is 12.8. The van der Waals surface area contributed by atoms with Gasteiger partial charge >= 0.3 is 0 Å². The molecule has 120 valence electrons. The summed E-state index contributed by atoms with van der Waals surface area (Å²) in [5.74, 6) is 6.53. The highest BCUT2D eigenvalue weighted by atomic mass is 16.5. The zero-order valence-electron chi connectivity index (χ0n) is 13.4. The van der Waals surface area contributed by atoms with Gasteiger partial charge in [0.05, 0.1) is 12.9 Å². The van der Waals surface area contributed by atoms with E-state index in [2.05, 4.69) is 31.8 Å². The minimum atomic E-state index is -0.831. The van der Waals surface area contributed by atoms with Crippen LogP contribution >= 0.6 is 0 Å². The molecular weight excluding hydrogens is 264 g/mol. The maximum absolute atomic E-state index is 9.01. The van der Waals surface area contributed by atoms with Crippen LogP contribution in [0, 0.1) is 17.8 Å². The quantitative estimate of drug-likeness (QED) is 0.349. The van der Waals surface area contributed by atoms with E-state index in [1.165, 1.54) is 38.4 Å². The third-order valence-corrected chi connectivity index (χ3v) is 2.93. The first-order valence-corrected chi connectivity index (χ1v) is 7.88. The van der Waals surface area contributed by atoms with Gasteiger partial charge in [-0.25, -0.2) is 0 Å². The van der Waals surface area contributed by atoms with E-state index in [0.717, 1.165) is 12.3 Å². The molecule has 0 aliphatic carbocycles. The van der Waals surface area contributed by atoms with E-state index in [1.807, 2.05) is 6.08 Å². The first-order chi connectivity index (χ1) is 10.2. The molecule has 0 aliphatic heterocycles. The average molecular weight is 294 g/mol. The fraction of sp³-hybridized carbons (Fsp3) is 0.667. The van der Waals surface area contributed by atoms with E-state index in [0.29, 0.717) is 0 Å². The summed E-state index contributed by atoms with van der Waals surface area (Å²) in [7, 11) is 0. The third-order valence-electron chi connectivity index (χ3n) is 2.93. The molecule has 3 heteroatoms. The lowest BCUT2D eigenvalue weighted by atomic mass is 10.0. The van der Waals surface area contributed by atoms with Gasteiger partial charge in [-0.15, -0.1) is 0 Å². The SMILES string of the molecule is CC(C)CCCCCC/C=C/C#C/C=C\OC[C@@H](O)CO. The summed E-state index contributed by atoms with van der Waals surface area (Å²) in [5, 5.41) is 17.6. The van der Waals surface area contributed by atoms with Crippen LogP contribution in [0.3, 0.4) is 0 Å². The molecule has 0 unspecified atom stereocenters. The van der Waals surface area contributed by atoms with Crippen molar-refractivity contribution in [1.29, 1.82) is 0 Å². The second-order valence-corrected chi connectivity index (χ2v) is 5.55. The molecular formula is C18H30O3. The van der Waals surface area contributed by atoms with Crippen LogP contribution in [0.4, 0.5) is 0 Å². The molecule has 0 saturated carbocycles. The monoisotopic (exact) mass is 294 g/mol. The highest BCUT2D eigenvalue weighted by molar-refractivity contribution is 5.22. The number of aliphatic hydroxyl groups is 2. The fourth-order valence-corrected chi connectivity index (χ4v) is 1.71. The van der Waals surface area contributed by atoms with Crippen LogP contribution in [0.15, 0.2) is 24.5 Å². The predicted molar refractivity (Wildman–Crippen MR) is 87.6 cm³/mol. The number of rotatable bonds is 11. The van der Waals surface area contributed by atoms with Crippen LogP contribution in [0.2, 0.25) is 0 Å². The van der Waals surface area contributed by atoms with Gasteiger partial charge in [0.15, 0.2) is 0 Å². The van der Waals surface area contributed by atoms with Gasteiger partial charge in [0.1, 0.15) is 12.7 Å². The van der Waals surface area contributed by atoms with E-state index in [-0.39, 0.29) is 13.2 Å². The van der Waals surface area contributed by atoms with Crippen LogP contribution in [0.5, 0.6) is 0 Å². The molecule has 0 saturated heterocycles. The van der Waals surface area contributed by atoms with Crippen molar-refractivity contribution in [1.82, 2.24) is 0 Å². The Hall–Kier alpha value is -1.24. The van der Waals surface area contributed by atoms with E-state index in [1.54, 1.807) is 6.08 Å². The third kappa shape index (κ3) is 16.7. The number of allylic oxidation sites excluding steroid dienone is 3. The largest absolute Gasteiger partial charge is 0.498 e. The van der Waals surface area contributed by atoms with Crippen molar-refractivity contribution >= 4 is 0 Å². The summed E-state index contributed by atoms with van der Waals surface area (Å²) < 4.78 is 4.97. The molecule has 0 amide bonds. The van der Waals surface area contributed by atoms with Crippen LogP contribution in [0.1, 0.15) is 52.4 Å². The minimum absolute atomic E-state index is 0.0847. The van der Waals surface area contributed by atoms with Crippen molar-refractivity contribution in [3.05, 3.63) is 24.5 Å². The highest BCUT2D eigenvalue weighted by Gasteiger charge is 1.98. The van der Waals surface area contributed by atoms with Crippen LogP contribution in [-0.4, -0.2) is 29.5 Å². The van der Waals surface area contributed by atoms with Gasteiger partial charge in [-0.1, -0.05) is 57.4 Å². The van der Waals surface area contributed by atoms with Gasteiger partial charge in [0, 0.05) is 6.08 Å². The smallest absolute Gasteiger partial charge is 0.115 e. The van der Waals surface area contributed by atoms with Gasteiger partial charge in [-0.2, -0.15) is 0 Å².